The minimum Gasteiger partial charge on any atom is -0.381 e. The summed E-state index contributed by atoms with van der Waals surface area (Å²) < 4.78 is 5.30. The predicted octanol–water partition coefficient (Wildman–Crippen LogP) is 1.14. The number of hydrogen-bond donors (Lipinski definition) is 2. The molecule has 1 heterocycles. The van der Waals surface area contributed by atoms with Crippen molar-refractivity contribution in [1.82, 2.24) is 5.32 Å². The maximum atomic E-state index is 12.2. The molecule has 1 aliphatic heterocycles. The fraction of sp³-hybridized carbons (Fsp3) is 0.471. The van der Waals surface area contributed by atoms with E-state index in [9.17, 15) is 14.4 Å². The first-order valence-electron chi connectivity index (χ1n) is 7.84. The van der Waals surface area contributed by atoms with Crippen molar-refractivity contribution in [3.8, 4) is 0 Å². The van der Waals surface area contributed by atoms with Crippen LogP contribution >= 0.6 is 11.8 Å². The number of amides is 2. The fourth-order valence-corrected chi connectivity index (χ4v) is 3.43. The third-order valence-electron chi connectivity index (χ3n) is 3.93. The van der Waals surface area contributed by atoms with Gasteiger partial charge in [0.05, 0.1) is 17.0 Å². The van der Waals surface area contributed by atoms with Crippen LogP contribution in [0.2, 0.25) is 0 Å². The van der Waals surface area contributed by atoms with E-state index in [0.29, 0.717) is 31.6 Å². The van der Waals surface area contributed by atoms with Crippen molar-refractivity contribution < 1.29 is 19.1 Å². The monoisotopic (exact) mass is 350 g/mol. The zero-order valence-corrected chi connectivity index (χ0v) is 14.3. The van der Waals surface area contributed by atoms with Gasteiger partial charge in [-0.05, 0) is 12.8 Å². The largest absolute Gasteiger partial charge is 0.381 e. The molecule has 1 saturated heterocycles. The summed E-state index contributed by atoms with van der Waals surface area (Å²) in [6.45, 7) is 0.986. The molecule has 1 aliphatic rings. The summed E-state index contributed by atoms with van der Waals surface area (Å²) in [4.78, 5) is 35.5. The average Bonchev–Trinajstić information content (AvgIpc) is 2.55. The highest BCUT2D eigenvalue weighted by molar-refractivity contribution is 8.00. The van der Waals surface area contributed by atoms with Gasteiger partial charge in [0.15, 0.2) is 5.78 Å². The molecule has 1 fully saturated rings. The van der Waals surface area contributed by atoms with Crippen LogP contribution in [-0.2, 0) is 14.3 Å². The van der Waals surface area contributed by atoms with Crippen molar-refractivity contribution in [2.45, 2.75) is 24.8 Å². The van der Waals surface area contributed by atoms with Crippen LogP contribution in [-0.4, -0.2) is 47.9 Å². The summed E-state index contributed by atoms with van der Waals surface area (Å²) in [6.07, 6.45) is 1.24. The lowest BCUT2D eigenvalue weighted by molar-refractivity contribution is -0.124. The number of ether oxygens (including phenoxy) is 1. The Kier molecular flexibility index (Phi) is 6.81. The van der Waals surface area contributed by atoms with Gasteiger partial charge in [-0.15, -0.1) is 11.8 Å². The smallest absolute Gasteiger partial charge is 0.230 e. The molecular weight excluding hydrogens is 328 g/mol. The second-order valence-corrected chi connectivity index (χ2v) is 6.85. The Labute approximate surface area is 145 Å². The number of benzene rings is 1. The molecule has 24 heavy (non-hydrogen) atoms. The van der Waals surface area contributed by atoms with Gasteiger partial charge in [-0.25, -0.2) is 0 Å². The lowest BCUT2D eigenvalue weighted by atomic mass is 9.86. The van der Waals surface area contributed by atoms with Crippen LogP contribution in [0.25, 0.3) is 0 Å². The molecule has 0 saturated carbocycles. The summed E-state index contributed by atoms with van der Waals surface area (Å²) in [5.74, 6) is -0.233. The number of carbonyl (C=O) groups is 3. The third-order valence-corrected chi connectivity index (χ3v) is 4.86. The first-order chi connectivity index (χ1) is 11.5. The van der Waals surface area contributed by atoms with Crippen LogP contribution in [0.1, 0.15) is 29.6 Å². The van der Waals surface area contributed by atoms with Gasteiger partial charge in [0.25, 0.3) is 0 Å². The van der Waals surface area contributed by atoms with Crippen LogP contribution in [0.5, 0.6) is 0 Å². The van der Waals surface area contributed by atoms with Crippen molar-refractivity contribution in [2.75, 3.05) is 24.7 Å². The van der Waals surface area contributed by atoms with E-state index in [1.807, 2.05) is 18.2 Å². The second-order valence-electron chi connectivity index (χ2n) is 5.87. The highest BCUT2D eigenvalue weighted by Gasteiger charge is 2.35. The molecular formula is C17H22N2O4S. The number of primary amides is 1. The third kappa shape index (κ3) is 5.65. The van der Waals surface area contributed by atoms with Gasteiger partial charge in [0.2, 0.25) is 11.8 Å². The lowest BCUT2D eigenvalue weighted by Crippen LogP contribution is -2.54. The molecule has 1 aromatic carbocycles. The van der Waals surface area contributed by atoms with E-state index < -0.39 is 11.4 Å². The van der Waals surface area contributed by atoms with Gasteiger partial charge < -0.3 is 15.8 Å². The molecule has 2 amide bonds. The number of Topliss-reactive ketones (excluding diaryl/α,β-unsaturated/α-hetero) is 1. The van der Waals surface area contributed by atoms with Gasteiger partial charge >= 0.3 is 0 Å². The maximum Gasteiger partial charge on any atom is 0.230 e. The van der Waals surface area contributed by atoms with E-state index in [2.05, 4.69) is 5.32 Å². The summed E-state index contributed by atoms with van der Waals surface area (Å²) in [5.41, 5.74) is 5.33. The van der Waals surface area contributed by atoms with Gasteiger partial charge in [-0.1, -0.05) is 30.3 Å². The quantitative estimate of drug-likeness (QED) is 0.685. The van der Waals surface area contributed by atoms with Crippen LogP contribution < -0.4 is 11.1 Å². The molecule has 6 nitrogen and oxygen atoms in total. The molecule has 7 heteroatoms. The number of carbonyl (C=O) groups excluding carboxylic acids is 3. The second kappa shape index (κ2) is 8.84. The van der Waals surface area contributed by atoms with Crippen molar-refractivity contribution in [3.63, 3.8) is 0 Å². The maximum absolute atomic E-state index is 12.2. The number of nitrogens with two attached hydrogens (primary N) is 1. The number of ketones is 1. The lowest BCUT2D eigenvalue weighted by Gasteiger charge is -2.37. The Hall–Kier alpha value is -1.86. The van der Waals surface area contributed by atoms with E-state index in [1.165, 1.54) is 11.8 Å². The summed E-state index contributed by atoms with van der Waals surface area (Å²) in [7, 11) is 0. The topological polar surface area (TPSA) is 98.5 Å². The summed E-state index contributed by atoms with van der Waals surface area (Å²) in [6, 6.07) is 8.98. The number of hydrogen-bond acceptors (Lipinski definition) is 5. The minimum atomic E-state index is -0.620. The van der Waals surface area contributed by atoms with E-state index >= 15 is 0 Å². The van der Waals surface area contributed by atoms with Gasteiger partial charge in [-0.2, -0.15) is 0 Å². The van der Waals surface area contributed by atoms with E-state index in [4.69, 9.17) is 10.5 Å². The minimum absolute atomic E-state index is 0.00804. The Balaban J connectivity index is 1.81. The van der Waals surface area contributed by atoms with Crippen molar-refractivity contribution >= 4 is 29.4 Å². The van der Waals surface area contributed by atoms with Crippen molar-refractivity contribution in [1.29, 1.82) is 0 Å². The fourth-order valence-electron chi connectivity index (χ4n) is 2.72. The predicted molar refractivity (Wildman–Crippen MR) is 92.8 cm³/mol. The van der Waals surface area contributed by atoms with Crippen LogP contribution in [0.3, 0.4) is 0 Å². The first-order valence-corrected chi connectivity index (χ1v) is 8.99. The molecule has 0 unspecified atom stereocenters. The van der Waals surface area contributed by atoms with Crippen LogP contribution in [0.4, 0.5) is 0 Å². The molecule has 1 aromatic rings. The molecule has 0 atom stereocenters. The Morgan fingerprint density at radius 3 is 2.42 bits per heavy atom. The Morgan fingerprint density at radius 2 is 1.79 bits per heavy atom. The molecule has 3 N–H and O–H groups in total. The van der Waals surface area contributed by atoms with Gasteiger partial charge in [-0.3, -0.25) is 14.4 Å². The standard InChI is InChI=1S/C17H22N2O4S/c18-15(21)10-17(6-8-23-9-7-17)19-16(22)12-24-11-14(20)13-4-2-1-3-5-13/h1-5H,6-12H2,(H2,18,21)(H,19,22). The Bertz CT molecular complexity index is 586. The SMILES string of the molecule is NC(=O)CC1(NC(=O)CSCC(=O)c2ccccc2)CCOCC1. The molecule has 0 radical (unpaired) electrons. The van der Waals surface area contributed by atoms with Gasteiger partial charge in [0.1, 0.15) is 0 Å². The number of rotatable bonds is 8. The van der Waals surface area contributed by atoms with E-state index in [-0.39, 0.29) is 29.6 Å². The van der Waals surface area contributed by atoms with Crippen LogP contribution in [0.15, 0.2) is 30.3 Å². The van der Waals surface area contributed by atoms with Gasteiger partial charge in [0, 0.05) is 25.2 Å². The van der Waals surface area contributed by atoms with E-state index in [1.54, 1.807) is 12.1 Å². The average molecular weight is 350 g/mol. The van der Waals surface area contributed by atoms with E-state index in [0.717, 1.165) is 0 Å². The molecule has 0 spiro atoms. The summed E-state index contributed by atoms with van der Waals surface area (Å²) >= 11 is 1.26. The number of thioether (sulfide) groups is 1. The zero-order chi connectivity index (χ0) is 17.4. The zero-order valence-electron chi connectivity index (χ0n) is 13.5. The first kappa shape index (κ1) is 18.5. The molecule has 0 bridgehead atoms. The Morgan fingerprint density at radius 1 is 1.12 bits per heavy atom. The normalized spacial score (nSPS) is 16.3. The van der Waals surface area contributed by atoms with Crippen molar-refractivity contribution in [3.05, 3.63) is 35.9 Å². The highest BCUT2D eigenvalue weighted by Crippen LogP contribution is 2.24. The molecule has 2 rings (SSSR count). The summed E-state index contributed by atoms with van der Waals surface area (Å²) in [5, 5.41) is 2.93. The molecule has 0 aromatic heterocycles. The van der Waals surface area contributed by atoms with Crippen molar-refractivity contribution in [2.24, 2.45) is 5.73 Å². The number of nitrogens with one attached hydrogen (secondary N) is 1. The molecule has 130 valence electrons. The highest BCUT2D eigenvalue weighted by atomic mass is 32.2. The molecule has 0 aliphatic carbocycles. The van der Waals surface area contributed by atoms with Crippen LogP contribution in [0, 0.1) is 0 Å².